The van der Waals surface area contributed by atoms with Gasteiger partial charge in [0.05, 0.1) is 0 Å². The molecule has 0 bridgehead atoms. The fourth-order valence-electron chi connectivity index (χ4n) is 2.74. The lowest BCUT2D eigenvalue weighted by Gasteiger charge is -2.20. The Morgan fingerprint density at radius 1 is 1.16 bits per heavy atom. The highest BCUT2D eigenvalue weighted by molar-refractivity contribution is 9.10. The number of aromatic nitrogens is 2. The number of amides is 1. The van der Waals surface area contributed by atoms with Crippen molar-refractivity contribution in [3.8, 4) is 11.4 Å². The molecule has 0 radical (unpaired) electrons. The van der Waals surface area contributed by atoms with Crippen LogP contribution >= 0.6 is 15.9 Å². The average molecular weight is 398 g/mol. The molecule has 3 aromatic rings. The van der Waals surface area contributed by atoms with Gasteiger partial charge in [-0.25, -0.2) is 0 Å². The molecule has 1 aliphatic carbocycles. The molecule has 0 aliphatic heterocycles. The number of carbonyl (C=O) groups is 1. The first kappa shape index (κ1) is 16.0. The average Bonchev–Trinajstić information content (AvgIpc) is 3.03. The predicted octanol–water partition coefficient (Wildman–Crippen LogP) is 5.02. The highest BCUT2D eigenvalue weighted by Crippen LogP contribution is 2.36. The van der Waals surface area contributed by atoms with Gasteiger partial charge < -0.3 is 9.84 Å². The number of rotatable bonds is 4. The van der Waals surface area contributed by atoms with Gasteiger partial charge in [-0.15, -0.1) is 0 Å². The van der Waals surface area contributed by atoms with Crippen LogP contribution in [0, 0.1) is 0 Å². The Morgan fingerprint density at radius 2 is 2.00 bits per heavy atom. The van der Waals surface area contributed by atoms with Crippen LogP contribution in [0.2, 0.25) is 0 Å². The third-order valence-electron chi connectivity index (χ3n) is 4.36. The van der Waals surface area contributed by atoms with Crippen molar-refractivity contribution in [2.75, 3.05) is 5.32 Å². The van der Waals surface area contributed by atoms with Crippen LogP contribution in [0.25, 0.3) is 11.4 Å². The van der Waals surface area contributed by atoms with Gasteiger partial charge in [0.1, 0.15) is 0 Å². The van der Waals surface area contributed by atoms with E-state index in [1.807, 2.05) is 36.4 Å². The lowest BCUT2D eigenvalue weighted by Crippen LogP contribution is -2.11. The van der Waals surface area contributed by atoms with E-state index in [1.54, 1.807) is 12.1 Å². The van der Waals surface area contributed by atoms with E-state index in [0.717, 1.165) is 28.6 Å². The highest BCUT2D eigenvalue weighted by atomic mass is 79.9. The number of nitrogens with zero attached hydrogens (tertiary/aromatic N) is 2. The summed E-state index contributed by atoms with van der Waals surface area (Å²) in [7, 11) is 0. The number of hydrogen-bond acceptors (Lipinski definition) is 4. The minimum Gasteiger partial charge on any atom is -0.339 e. The number of halogens is 1. The standard InChI is InChI=1S/C19H16BrN3O2/c20-15-8-3-9-16(11-15)21-18(24)14-7-2-6-13(10-14)17-22-19(25-23-17)12-4-1-5-12/h2-3,6-12H,1,4-5H2,(H,21,24). The van der Waals surface area contributed by atoms with Crippen molar-refractivity contribution in [1.29, 1.82) is 0 Å². The van der Waals surface area contributed by atoms with Crippen LogP contribution < -0.4 is 5.32 Å². The monoisotopic (exact) mass is 397 g/mol. The lowest BCUT2D eigenvalue weighted by atomic mass is 9.85. The summed E-state index contributed by atoms with van der Waals surface area (Å²) in [5.41, 5.74) is 2.06. The first-order chi connectivity index (χ1) is 12.2. The van der Waals surface area contributed by atoms with Crippen LogP contribution in [0.1, 0.15) is 41.4 Å². The van der Waals surface area contributed by atoms with Gasteiger partial charge in [0, 0.05) is 27.2 Å². The lowest BCUT2D eigenvalue weighted by molar-refractivity contribution is 0.102. The molecule has 0 unspecified atom stereocenters. The molecule has 1 fully saturated rings. The molecule has 25 heavy (non-hydrogen) atoms. The normalized spacial score (nSPS) is 14.1. The maximum atomic E-state index is 12.5. The maximum Gasteiger partial charge on any atom is 0.255 e. The van der Waals surface area contributed by atoms with E-state index in [-0.39, 0.29) is 5.91 Å². The van der Waals surface area contributed by atoms with Crippen LogP contribution in [0.4, 0.5) is 5.69 Å². The molecule has 4 rings (SSSR count). The third kappa shape index (κ3) is 3.49. The van der Waals surface area contributed by atoms with Gasteiger partial charge in [-0.3, -0.25) is 4.79 Å². The van der Waals surface area contributed by atoms with Gasteiger partial charge in [-0.1, -0.05) is 45.7 Å². The van der Waals surface area contributed by atoms with Gasteiger partial charge >= 0.3 is 0 Å². The van der Waals surface area contributed by atoms with Crippen LogP contribution in [-0.4, -0.2) is 16.0 Å². The Labute approximate surface area is 153 Å². The molecule has 6 heteroatoms. The van der Waals surface area contributed by atoms with Gasteiger partial charge in [0.15, 0.2) is 0 Å². The number of hydrogen-bond donors (Lipinski definition) is 1. The summed E-state index contributed by atoms with van der Waals surface area (Å²) in [4.78, 5) is 17.0. The summed E-state index contributed by atoms with van der Waals surface area (Å²) in [5, 5.41) is 6.95. The summed E-state index contributed by atoms with van der Waals surface area (Å²) >= 11 is 3.40. The van der Waals surface area contributed by atoms with Crippen molar-refractivity contribution in [3.63, 3.8) is 0 Å². The van der Waals surface area contributed by atoms with Crippen LogP contribution in [-0.2, 0) is 0 Å². The Kier molecular flexibility index (Phi) is 4.36. The van der Waals surface area contributed by atoms with Gasteiger partial charge in [-0.05, 0) is 43.2 Å². The first-order valence-corrected chi connectivity index (χ1v) is 8.99. The van der Waals surface area contributed by atoms with E-state index in [9.17, 15) is 4.79 Å². The fraction of sp³-hybridized carbons (Fsp3) is 0.211. The van der Waals surface area contributed by atoms with E-state index in [1.165, 1.54) is 6.42 Å². The van der Waals surface area contributed by atoms with E-state index in [4.69, 9.17) is 4.52 Å². The fourth-order valence-corrected chi connectivity index (χ4v) is 3.14. The smallest absolute Gasteiger partial charge is 0.255 e. The van der Waals surface area contributed by atoms with Crippen molar-refractivity contribution in [2.24, 2.45) is 0 Å². The number of benzene rings is 2. The Balaban J connectivity index is 1.54. The second-order valence-electron chi connectivity index (χ2n) is 6.13. The summed E-state index contributed by atoms with van der Waals surface area (Å²) in [6.07, 6.45) is 3.43. The van der Waals surface area contributed by atoms with Crippen molar-refractivity contribution in [2.45, 2.75) is 25.2 Å². The molecule has 2 aromatic carbocycles. The second-order valence-corrected chi connectivity index (χ2v) is 7.05. The molecular formula is C19H16BrN3O2. The predicted molar refractivity (Wildman–Crippen MR) is 98.4 cm³/mol. The topological polar surface area (TPSA) is 68.0 Å². The zero-order chi connectivity index (χ0) is 17.2. The zero-order valence-corrected chi connectivity index (χ0v) is 15.0. The second kappa shape index (κ2) is 6.80. The Bertz CT molecular complexity index is 918. The third-order valence-corrected chi connectivity index (χ3v) is 4.85. The van der Waals surface area contributed by atoms with Crippen molar-refractivity contribution in [3.05, 3.63) is 64.5 Å². The molecule has 1 heterocycles. The minimum absolute atomic E-state index is 0.178. The molecule has 1 aromatic heterocycles. The molecule has 1 amide bonds. The van der Waals surface area contributed by atoms with Crippen LogP contribution in [0.5, 0.6) is 0 Å². The van der Waals surface area contributed by atoms with Crippen LogP contribution in [0.3, 0.4) is 0 Å². The summed E-state index contributed by atoms with van der Waals surface area (Å²) in [6, 6.07) is 14.7. The molecule has 1 aliphatic rings. The molecule has 0 saturated heterocycles. The number of carbonyl (C=O) groups excluding carboxylic acids is 1. The van der Waals surface area contributed by atoms with Crippen molar-refractivity contribution < 1.29 is 9.32 Å². The van der Waals surface area contributed by atoms with E-state index < -0.39 is 0 Å². The molecular weight excluding hydrogens is 382 g/mol. The molecule has 1 saturated carbocycles. The van der Waals surface area contributed by atoms with Gasteiger partial charge in [0.2, 0.25) is 11.7 Å². The Morgan fingerprint density at radius 3 is 2.76 bits per heavy atom. The van der Waals surface area contributed by atoms with Crippen molar-refractivity contribution >= 4 is 27.5 Å². The summed E-state index contributed by atoms with van der Waals surface area (Å²) in [6.45, 7) is 0. The largest absolute Gasteiger partial charge is 0.339 e. The van der Waals surface area contributed by atoms with Crippen LogP contribution in [0.15, 0.2) is 57.5 Å². The SMILES string of the molecule is O=C(Nc1cccc(Br)c1)c1cccc(-c2noc(C3CCC3)n2)c1. The minimum atomic E-state index is -0.178. The maximum absolute atomic E-state index is 12.5. The van der Waals surface area contributed by atoms with E-state index >= 15 is 0 Å². The zero-order valence-electron chi connectivity index (χ0n) is 13.4. The number of nitrogens with one attached hydrogen (secondary N) is 1. The molecule has 0 atom stereocenters. The first-order valence-electron chi connectivity index (χ1n) is 8.20. The highest BCUT2D eigenvalue weighted by Gasteiger charge is 2.25. The Hall–Kier alpha value is -2.47. The quantitative estimate of drug-likeness (QED) is 0.670. The molecule has 5 nitrogen and oxygen atoms in total. The number of anilines is 1. The van der Waals surface area contributed by atoms with Gasteiger partial charge in [0.25, 0.3) is 5.91 Å². The summed E-state index contributed by atoms with van der Waals surface area (Å²) < 4.78 is 6.28. The summed E-state index contributed by atoms with van der Waals surface area (Å²) in [5.74, 6) is 1.44. The van der Waals surface area contributed by atoms with E-state index in [0.29, 0.717) is 23.2 Å². The molecule has 1 N–H and O–H groups in total. The van der Waals surface area contributed by atoms with E-state index in [2.05, 4.69) is 31.4 Å². The van der Waals surface area contributed by atoms with Crippen molar-refractivity contribution in [1.82, 2.24) is 10.1 Å². The molecule has 126 valence electrons. The van der Waals surface area contributed by atoms with Gasteiger partial charge in [-0.2, -0.15) is 4.98 Å². The molecule has 0 spiro atoms.